The van der Waals surface area contributed by atoms with Crippen molar-refractivity contribution in [3.05, 3.63) is 0 Å². The Labute approximate surface area is 84.9 Å². The number of hydrogen-bond donors (Lipinski definition) is 2. The van der Waals surface area contributed by atoms with E-state index >= 15 is 0 Å². The van der Waals surface area contributed by atoms with E-state index in [1.54, 1.807) is 0 Å². The van der Waals surface area contributed by atoms with Crippen LogP contribution >= 0.6 is 0 Å². The Morgan fingerprint density at radius 3 is 0.600 bits per heavy atom. The van der Waals surface area contributed by atoms with E-state index in [1.165, 1.54) is 0 Å². The molecule has 0 aromatic carbocycles. The standard InChI is InChI=1S/6CN.Fe.2H3N/c6*1-2;;;/h;;;;;;;2*1H3/q;;;;;;-2;;/p+2. The van der Waals surface area contributed by atoms with Gasteiger partial charge in [0.15, 0.2) is 0 Å². The minimum atomic E-state index is -6.17. The molecular formula is C6H8FeN8. The zero-order valence-electron chi connectivity index (χ0n) is 8.04. The normalized spacial score (nSPS) is 11.6. The summed E-state index contributed by atoms with van der Waals surface area (Å²) in [6.45, 7) is 0. The SMILES string of the molecule is N#[C][Fe-2]([C]#N)([C]#N)([C]#N)([C]#N)[C]#N.[NH4+].[NH4+]. The molecule has 0 aliphatic carbocycles. The topological polar surface area (TPSA) is 216 Å². The molecule has 0 saturated heterocycles. The fourth-order valence-corrected chi connectivity index (χ4v) is 1.09. The quantitative estimate of drug-likeness (QED) is 0.591. The molecule has 0 unspecified atom stereocenters. The van der Waals surface area contributed by atoms with E-state index in [4.69, 9.17) is 31.6 Å². The summed E-state index contributed by atoms with van der Waals surface area (Å²) >= 11 is 0. The van der Waals surface area contributed by atoms with Crippen molar-refractivity contribution in [1.82, 2.24) is 12.3 Å². The largest absolute Gasteiger partial charge is 0.369 e. The molecule has 9 heteroatoms. The molecule has 0 radical (unpaired) electrons. The minimum Gasteiger partial charge on any atom is -0.369 e. The Bertz CT molecular complexity index is 389. The van der Waals surface area contributed by atoms with Gasteiger partial charge in [0, 0.05) is 0 Å². The molecule has 0 aliphatic rings. The third-order valence-electron chi connectivity index (χ3n) is 1.19. The van der Waals surface area contributed by atoms with Crippen LogP contribution in [-0.4, -0.2) is 0 Å². The fourth-order valence-electron chi connectivity index (χ4n) is 0.265. The van der Waals surface area contributed by atoms with Gasteiger partial charge in [0.1, 0.15) is 0 Å². The van der Waals surface area contributed by atoms with Crippen LogP contribution in [0.2, 0.25) is 0 Å². The molecule has 8 nitrogen and oxygen atoms in total. The van der Waals surface area contributed by atoms with Gasteiger partial charge in [0.25, 0.3) is 0 Å². The zero-order valence-corrected chi connectivity index (χ0v) is 9.14. The van der Waals surface area contributed by atoms with Crippen LogP contribution in [-0.2, 0) is 10.7 Å². The van der Waals surface area contributed by atoms with E-state index in [0.29, 0.717) is 0 Å². The van der Waals surface area contributed by atoms with E-state index in [-0.39, 0.29) is 12.3 Å². The number of nitrogens with zero attached hydrogens (tertiary/aromatic N) is 6. The summed E-state index contributed by atoms with van der Waals surface area (Å²) in [4.78, 5) is 6.19. The van der Waals surface area contributed by atoms with Crippen LogP contribution in [0.1, 0.15) is 0 Å². The summed E-state index contributed by atoms with van der Waals surface area (Å²) in [6, 6.07) is 0. The summed E-state index contributed by atoms with van der Waals surface area (Å²) in [5, 5.41) is 51.5. The number of nitriles is 6. The van der Waals surface area contributed by atoms with Crippen LogP contribution in [0.5, 0.6) is 0 Å². The van der Waals surface area contributed by atoms with Crippen molar-refractivity contribution in [3.63, 3.8) is 0 Å². The van der Waals surface area contributed by atoms with Gasteiger partial charge in [-0.1, -0.05) is 0 Å². The van der Waals surface area contributed by atoms with Gasteiger partial charge in [0.05, 0.1) is 0 Å². The van der Waals surface area contributed by atoms with Crippen molar-refractivity contribution in [1.29, 1.82) is 31.6 Å². The maximum Gasteiger partial charge on any atom is -0.369 e. The summed E-state index contributed by atoms with van der Waals surface area (Å²) in [5.74, 6) is 0. The van der Waals surface area contributed by atoms with Crippen molar-refractivity contribution in [3.8, 4) is 29.8 Å². The van der Waals surface area contributed by atoms with Gasteiger partial charge >= 0.3 is 72.1 Å². The Balaban J connectivity index is -0.000000720. The molecule has 0 atom stereocenters. The third kappa shape index (κ3) is 1.34. The van der Waals surface area contributed by atoms with Crippen LogP contribution in [0.15, 0.2) is 0 Å². The van der Waals surface area contributed by atoms with Crippen LogP contribution < -0.4 is 12.3 Å². The average Bonchev–Trinajstić information content (AvgIpc) is 2.26. The molecule has 0 fully saturated rings. The molecule has 15 heavy (non-hydrogen) atoms. The summed E-state index contributed by atoms with van der Waals surface area (Å²) < 4.78 is 0. The summed E-state index contributed by atoms with van der Waals surface area (Å²) in [5.41, 5.74) is 0. The Morgan fingerprint density at radius 1 is 0.467 bits per heavy atom. The molecule has 8 N–H and O–H groups in total. The van der Waals surface area contributed by atoms with E-state index in [2.05, 4.69) is 0 Å². The van der Waals surface area contributed by atoms with Gasteiger partial charge < -0.3 is 12.3 Å². The van der Waals surface area contributed by atoms with Gasteiger partial charge in [-0.25, -0.2) is 0 Å². The van der Waals surface area contributed by atoms with Crippen LogP contribution in [0, 0.1) is 61.4 Å². The maximum absolute atomic E-state index is 8.58. The van der Waals surface area contributed by atoms with E-state index in [9.17, 15) is 0 Å². The monoisotopic (exact) mass is 248 g/mol. The first-order valence-corrected chi connectivity index (χ1v) is 5.71. The van der Waals surface area contributed by atoms with Gasteiger partial charge in [-0.2, -0.15) is 0 Å². The molecule has 0 heterocycles. The molecular weight excluding hydrogens is 240 g/mol. The first kappa shape index (κ1) is 18.2. The second-order valence-electron chi connectivity index (χ2n) is 1.80. The van der Waals surface area contributed by atoms with Gasteiger partial charge in [-0.15, -0.1) is 0 Å². The van der Waals surface area contributed by atoms with Crippen molar-refractivity contribution >= 4 is 0 Å². The first-order chi connectivity index (χ1) is 5.97. The molecule has 0 amide bonds. The molecule has 0 rings (SSSR count). The molecule has 80 valence electrons. The Kier molecular flexibility index (Phi) is 4.41. The van der Waals surface area contributed by atoms with Crippen molar-refractivity contribution in [2.24, 2.45) is 0 Å². The first-order valence-electron chi connectivity index (χ1n) is 2.40. The molecule has 0 bridgehead atoms. The number of hydrogen-bond acceptors (Lipinski definition) is 6. The smallest absolute Gasteiger partial charge is 0.369 e. The number of rotatable bonds is 0. The minimum absolute atomic E-state index is 0. The second kappa shape index (κ2) is 3.63. The molecule has 0 spiro atoms. The fraction of sp³-hybridized carbons (Fsp3) is 0. The third-order valence-corrected chi connectivity index (χ3v) is 4.89. The van der Waals surface area contributed by atoms with E-state index in [0.717, 1.165) is 29.8 Å². The van der Waals surface area contributed by atoms with E-state index in [1.807, 2.05) is 0 Å². The maximum atomic E-state index is 8.58. The van der Waals surface area contributed by atoms with Gasteiger partial charge in [-0.05, 0) is 0 Å². The van der Waals surface area contributed by atoms with Crippen LogP contribution in [0.4, 0.5) is 0 Å². The van der Waals surface area contributed by atoms with Crippen molar-refractivity contribution in [2.75, 3.05) is 0 Å². The molecule has 0 aromatic rings. The average molecular weight is 248 g/mol. The predicted molar refractivity (Wildman–Crippen MR) is 45.6 cm³/mol. The second-order valence-corrected chi connectivity index (χ2v) is 7.42. The van der Waals surface area contributed by atoms with Crippen LogP contribution in [0.25, 0.3) is 0 Å². The van der Waals surface area contributed by atoms with Crippen molar-refractivity contribution in [2.45, 2.75) is 0 Å². The number of quaternary nitrogens is 2. The van der Waals surface area contributed by atoms with Gasteiger partial charge in [-0.3, -0.25) is 0 Å². The molecule has 0 aliphatic heterocycles. The summed E-state index contributed by atoms with van der Waals surface area (Å²) in [6.07, 6.45) is 0. The Hall–Kier alpha value is -2.62. The molecule has 0 aromatic heterocycles. The van der Waals surface area contributed by atoms with Crippen molar-refractivity contribution < 1.29 is 10.7 Å². The van der Waals surface area contributed by atoms with E-state index < -0.39 is 10.7 Å². The predicted octanol–water partition coefficient (Wildman–Crippen LogP) is 0.851. The summed E-state index contributed by atoms with van der Waals surface area (Å²) in [7, 11) is -6.17. The zero-order chi connectivity index (χ0) is 10.7. The molecule has 0 saturated carbocycles. The van der Waals surface area contributed by atoms with Crippen LogP contribution in [0.3, 0.4) is 0 Å². The Morgan fingerprint density at radius 2 is 0.600 bits per heavy atom. The van der Waals surface area contributed by atoms with Gasteiger partial charge in [0.2, 0.25) is 0 Å².